The molecule has 0 heterocycles. The first-order valence-electron chi connectivity index (χ1n) is 4.15. The largest absolute Gasteiger partial charge is 0.366 e. The zero-order valence-corrected chi connectivity index (χ0v) is 9.11. The molecule has 0 bridgehead atoms. The highest BCUT2D eigenvalue weighted by Gasteiger charge is 2.20. The monoisotopic (exact) mass is 243 g/mol. The van der Waals surface area contributed by atoms with Gasteiger partial charge in [-0.05, 0) is 19.1 Å². The van der Waals surface area contributed by atoms with Crippen molar-refractivity contribution in [1.82, 2.24) is 0 Å². The normalized spacial score (nSPS) is 11.1. The van der Waals surface area contributed by atoms with E-state index in [4.69, 9.17) is 10.3 Å². The molecule has 3 N–H and O–H groups in total. The Balaban J connectivity index is 3.58. The van der Waals surface area contributed by atoms with Gasteiger partial charge in [-0.3, -0.25) is 14.1 Å². The van der Waals surface area contributed by atoms with E-state index in [1.54, 1.807) is 0 Å². The molecule has 0 aliphatic carbocycles. The molecule has 0 unspecified atom stereocenters. The summed E-state index contributed by atoms with van der Waals surface area (Å²) in [5.74, 6) is -1.39. The molecule has 1 aromatic rings. The molecule has 0 saturated carbocycles. The summed E-state index contributed by atoms with van der Waals surface area (Å²) < 4.78 is 30.8. The Kier molecular flexibility index (Phi) is 3.11. The van der Waals surface area contributed by atoms with Gasteiger partial charge in [0, 0.05) is 5.56 Å². The van der Waals surface area contributed by atoms with Crippen molar-refractivity contribution < 1.29 is 22.6 Å². The Morgan fingerprint density at radius 1 is 1.31 bits per heavy atom. The predicted octanol–water partition coefficient (Wildman–Crippen LogP) is 0.235. The van der Waals surface area contributed by atoms with Gasteiger partial charge in [0.1, 0.15) is 4.90 Å². The topological polar surface area (TPSA) is 115 Å². The molecule has 7 heteroatoms. The van der Waals surface area contributed by atoms with Crippen LogP contribution < -0.4 is 5.73 Å². The van der Waals surface area contributed by atoms with E-state index in [2.05, 4.69) is 0 Å². The van der Waals surface area contributed by atoms with Crippen molar-refractivity contribution in [3.05, 3.63) is 29.3 Å². The first-order valence-corrected chi connectivity index (χ1v) is 5.60. The lowest BCUT2D eigenvalue weighted by molar-refractivity contribution is 0.0990. The lowest BCUT2D eigenvalue weighted by Crippen LogP contribution is -2.16. The molecule has 0 aliphatic rings. The fourth-order valence-electron chi connectivity index (χ4n) is 1.16. The summed E-state index contributed by atoms with van der Waals surface area (Å²) in [7, 11) is -4.59. The zero-order valence-electron chi connectivity index (χ0n) is 8.30. The number of ketones is 1. The van der Waals surface area contributed by atoms with Gasteiger partial charge >= 0.3 is 0 Å². The average molecular weight is 243 g/mol. The van der Waals surface area contributed by atoms with Crippen LogP contribution in [0.4, 0.5) is 0 Å². The number of carbonyl (C=O) groups excluding carboxylic acids is 2. The number of primary amides is 1. The Bertz CT molecular complexity index is 561. The van der Waals surface area contributed by atoms with Crippen LogP contribution in [0.15, 0.2) is 23.1 Å². The van der Waals surface area contributed by atoms with Gasteiger partial charge < -0.3 is 5.73 Å². The van der Waals surface area contributed by atoms with Crippen molar-refractivity contribution in [3.8, 4) is 0 Å². The third-order valence-corrected chi connectivity index (χ3v) is 2.83. The molecule has 1 aromatic carbocycles. The van der Waals surface area contributed by atoms with Gasteiger partial charge in [-0.25, -0.2) is 0 Å². The lowest BCUT2D eigenvalue weighted by atomic mass is 10.1. The van der Waals surface area contributed by atoms with Crippen LogP contribution in [0, 0.1) is 0 Å². The highest BCUT2D eigenvalue weighted by atomic mass is 32.2. The highest BCUT2D eigenvalue weighted by molar-refractivity contribution is 7.86. The van der Waals surface area contributed by atoms with Crippen LogP contribution in [-0.2, 0) is 10.1 Å². The van der Waals surface area contributed by atoms with Gasteiger partial charge in [0.05, 0.1) is 5.56 Å². The zero-order chi connectivity index (χ0) is 12.5. The number of nitrogens with two attached hydrogens (primary N) is 1. The van der Waals surface area contributed by atoms with Gasteiger partial charge in [0.25, 0.3) is 10.1 Å². The van der Waals surface area contributed by atoms with Crippen LogP contribution >= 0.6 is 0 Å². The van der Waals surface area contributed by atoms with E-state index in [0.717, 1.165) is 12.1 Å². The maximum absolute atomic E-state index is 11.0. The van der Waals surface area contributed by atoms with E-state index in [1.165, 1.54) is 13.0 Å². The quantitative estimate of drug-likeness (QED) is 0.582. The van der Waals surface area contributed by atoms with Gasteiger partial charge in [-0.2, -0.15) is 8.42 Å². The molecule has 0 radical (unpaired) electrons. The Morgan fingerprint density at radius 3 is 2.25 bits per heavy atom. The number of hydrogen-bond acceptors (Lipinski definition) is 4. The highest BCUT2D eigenvalue weighted by Crippen LogP contribution is 2.17. The fraction of sp³-hybridized carbons (Fsp3) is 0.111. The summed E-state index contributed by atoms with van der Waals surface area (Å²) in [5.41, 5.74) is 4.65. The molecule has 0 spiro atoms. The minimum Gasteiger partial charge on any atom is -0.366 e. The van der Waals surface area contributed by atoms with E-state index >= 15 is 0 Å². The molecular formula is C9H9NO5S. The second-order valence-electron chi connectivity index (χ2n) is 3.11. The minimum absolute atomic E-state index is 0.0672. The maximum Gasteiger partial charge on any atom is 0.295 e. The van der Waals surface area contributed by atoms with Crippen molar-refractivity contribution in [3.63, 3.8) is 0 Å². The number of rotatable bonds is 3. The van der Waals surface area contributed by atoms with Crippen molar-refractivity contribution >= 4 is 21.8 Å². The molecule has 0 aromatic heterocycles. The van der Waals surface area contributed by atoms with Gasteiger partial charge in [0.15, 0.2) is 5.78 Å². The van der Waals surface area contributed by atoms with Crippen LogP contribution in [0.1, 0.15) is 27.6 Å². The number of amides is 1. The minimum atomic E-state index is -4.59. The van der Waals surface area contributed by atoms with Crippen LogP contribution in [0.5, 0.6) is 0 Å². The molecule has 0 atom stereocenters. The van der Waals surface area contributed by atoms with Crippen molar-refractivity contribution in [2.75, 3.05) is 0 Å². The Morgan fingerprint density at radius 2 is 1.88 bits per heavy atom. The van der Waals surface area contributed by atoms with E-state index in [1.807, 2.05) is 0 Å². The molecule has 1 amide bonds. The first kappa shape index (κ1) is 12.3. The van der Waals surface area contributed by atoms with Crippen molar-refractivity contribution in [2.45, 2.75) is 11.8 Å². The second-order valence-corrected chi connectivity index (χ2v) is 4.50. The van der Waals surface area contributed by atoms with Gasteiger partial charge in [-0.15, -0.1) is 0 Å². The molecule has 0 saturated heterocycles. The van der Waals surface area contributed by atoms with Crippen LogP contribution in [0.3, 0.4) is 0 Å². The predicted molar refractivity (Wildman–Crippen MR) is 54.8 cm³/mol. The first-order chi connectivity index (χ1) is 7.23. The summed E-state index contributed by atoms with van der Waals surface area (Å²) in [6, 6.07) is 3.26. The van der Waals surface area contributed by atoms with E-state index in [9.17, 15) is 18.0 Å². The molecule has 0 fully saturated rings. The molecule has 16 heavy (non-hydrogen) atoms. The summed E-state index contributed by atoms with van der Waals surface area (Å²) >= 11 is 0. The van der Waals surface area contributed by atoms with E-state index < -0.39 is 20.9 Å². The summed E-state index contributed by atoms with van der Waals surface area (Å²) in [4.78, 5) is 21.3. The molecule has 6 nitrogen and oxygen atoms in total. The van der Waals surface area contributed by atoms with Crippen LogP contribution in [0.2, 0.25) is 0 Å². The third-order valence-electron chi connectivity index (χ3n) is 1.93. The smallest absolute Gasteiger partial charge is 0.295 e. The number of carbonyl (C=O) groups is 2. The second kappa shape index (κ2) is 4.03. The Hall–Kier alpha value is -1.73. The van der Waals surface area contributed by atoms with E-state index in [-0.39, 0.29) is 16.9 Å². The molecule has 0 aliphatic heterocycles. The van der Waals surface area contributed by atoms with Crippen LogP contribution in [0.25, 0.3) is 0 Å². The molecule has 86 valence electrons. The van der Waals surface area contributed by atoms with E-state index in [0.29, 0.717) is 0 Å². The van der Waals surface area contributed by atoms with Crippen LogP contribution in [-0.4, -0.2) is 24.7 Å². The van der Waals surface area contributed by atoms with Gasteiger partial charge in [-0.1, -0.05) is 6.07 Å². The van der Waals surface area contributed by atoms with Crippen molar-refractivity contribution in [2.24, 2.45) is 5.73 Å². The standard InChI is InChI=1S/C9H9NO5S/c1-5(11)6-2-3-7(9(10)12)8(4-6)16(13,14)15/h2-4H,1H3,(H2,10,12)(H,13,14,15). The SMILES string of the molecule is CC(=O)c1ccc(C(N)=O)c(S(=O)(=O)O)c1. The number of benzene rings is 1. The summed E-state index contributed by atoms with van der Waals surface area (Å²) in [6.07, 6.45) is 0. The van der Waals surface area contributed by atoms with Crippen molar-refractivity contribution in [1.29, 1.82) is 0 Å². The third kappa shape index (κ3) is 2.44. The number of Topliss-reactive ketones (excluding diaryl/α,β-unsaturated/α-hetero) is 1. The summed E-state index contributed by atoms with van der Waals surface area (Å²) in [5, 5.41) is 0. The summed E-state index contributed by atoms with van der Waals surface area (Å²) in [6.45, 7) is 1.23. The average Bonchev–Trinajstić information content (AvgIpc) is 2.15. The maximum atomic E-state index is 11.0. The fourth-order valence-corrected chi connectivity index (χ4v) is 1.88. The Labute approximate surface area is 91.8 Å². The molecular weight excluding hydrogens is 234 g/mol. The van der Waals surface area contributed by atoms with Gasteiger partial charge in [0.2, 0.25) is 5.91 Å². The molecule has 1 rings (SSSR count). The lowest BCUT2D eigenvalue weighted by Gasteiger charge is -2.05. The number of hydrogen-bond donors (Lipinski definition) is 2.